The van der Waals surface area contributed by atoms with Crippen LogP contribution in [0.25, 0.3) is 0 Å². The predicted octanol–water partition coefficient (Wildman–Crippen LogP) is 2.26. The molecule has 0 fully saturated rings. The summed E-state index contributed by atoms with van der Waals surface area (Å²) in [6.07, 6.45) is 0. The largest absolute Gasteiger partial charge is 0.478 e. The highest BCUT2D eigenvalue weighted by Gasteiger charge is 2.27. The number of carboxylic acids is 1. The lowest BCUT2D eigenvalue weighted by atomic mass is 10.2. The fraction of sp³-hybridized carbons (Fsp3) is 0.0714. The van der Waals surface area contributed by atoms with E-state index in [0.29, 0.717) is 16.4 Å². The number of halogens is 1. The van der Waals surface area contributed by atoms with Crippen molar-refractivity contribution in [1.82, 2.24) is 0 Å². The van der Waals surface area contributed by atoms with Crippen LogP contribution in [0, 0.1) is 15.9 Å². The molecule has 0 atom stereocenters. The zero-order chi connectivity index (χ0) is 18.1. The van der Waals surface area contributed by atoms with Crippen molar-refractivity contribution >= 4 is 27.4 Å². The van der Waals surface area contributed by atoms with Crippen LogP contribution >= 0.6 is 0 Å². The number of rotatable bonds is 5. The van der Waals surface area contributed by atoms with Gasteiger partial charge < -0.3 is 5.11 Å². The van der Waals surface area contributed by atoms with Gasteiger partial charge in [-0.25, -0.2) is 13.2 Å². The van der Waals surface area contributed by atoms with Gasteiger partial charge in [-0.05, 0) is 24.3 Å². The van der Waals surface area contributed by atoms with Crippen molar-refractivity contribution in [1.29, 1.82) is 0 Å². The Bertz CT molecular complexity index is 929. The van der Waals surface area contributed by atoms with E-state index in [1.807, 2.05) is 0 Å². The highest BCUT2D eigenvalue weighted by molar-refractivity contribution is 7.92. The van der Waals surface area contributed by atoms with E-state index in [1.165, 1.54) is 24.3 Å². The van der Waals surface area contributed by atoms with E-state index in [4.69, 9.17) is 5.11 Å². The molecule has 0 bridgehead atoms. The van der Waals surface area contributed by atoms with Crippen LogP contribution < -0.4 is 4.31 Å². The van der Waals surface area contributed by atoms with Gasteiger partial charge in [-0.1, -0.05) is 12.1 Å². The SMILES string of the molecule is CN(c1ccccc1C(=O)O)S(=O)(=O)c1ccc(F)c([N+](=O)[O-])c1. The molecule has 0 aliphatic rings. The van der Waals surface area contributed by atoms with E-state index in [9.17, 15) is 27.7 Å². The third-order valence-corrected chi connectivity index (χ3v) is 5.01. The molecule has 1 N–H and O–H groups in total. The predicted molar refractivity (Wildman–Crippen MR) is 82.0 cm³/mol. The number of carboxylic acid groups (broad SMARTS) is 1. The van der Waals surface area contributed by atoms with E-state index in [2.05, 4.69) is 0 Å². The van der Waals surface area contributed by atoms with Crippen LogP contribution in [0.3, 0.4) is 0 Å². The van der Waals surface area contributed by atoms with Crippen molar-refractivity contribution in [3.05, 3.63) is 64.0 Å². The molecule has 0 saturated heterocycles. The second-order valence-electron chi connectivity index (χ2n) is 4.67. The van der Waals surface area contributed by atoms with Crippen molar-refractivity contribution in [3.8, 4) is 0 Å². The number of aromatic carboxylic acids is 1. The quantitative estimate of drug-likeness (QED) is 0.650. The maximum atomic E-state index is 13.4. The minimum Gasteiger partial charge on any atom is -0.478 e. The lowest BCUT2D eigenvalue weighted by Crippen LogP contribution is -2.28. The Kier molecular flexibility index (Phi) is 4.51. The highest BCUT2D eigenvalue weighted by atomic mass is 32.2. The number of para-hydroxylation sites is 1. The smallest absolute Gasteiger partial charge is 0.337 e. The van der Waals surface area contributed by atoms with Gasteiger partial charge in [0.2, 0.25) is 5.82 Å². The Morgan fingerprint density at radius 3 is 2.46 bits per heavy atom. The number of hydrogen-bond acceptors (Lipinski definition) is 5. The second-order valence-corrected chi connectivity index (χ2v) is 6.63. The van der Waals surface area contributed by atoms with Gasteiger partial charge in [0.25, 0.3) is 10.0 Å². The Hall–Kier alpha value is -3.01. The van der Waals surface area contributed by atoms with Crippen molar-refractivity contribution in [2.24, 2.45) is 0 Å². The Morgan fingerprint density at radius 2 is 1.88 bits per heavy atom. The van der Waals surface area contributed by atoms with Gasteiger partial charge in [-0.3, -0.25) is 14.4 Å². The van der Waals surface area contributed by atoms with E-state index in [1.54, 1.807) is 0 Å². The topological polar surface area (TPSA) is 118 Å². The number of sulfonamides is 1. The molecule has 2 aromatic carbocycles. The molecule has 126 valence electrons. The monoisotopic (exact) mass is 354 g/mol. The third kappa shape index (κ3) is 3.04. The molecule has 0 aliphatic carbocycles. The molecule has 2 rings (SSSR count). The van der Waals surface area contributed by atoms with Gasteiger partial charge in [0.15, 0.2) is 0 Å². The number of benzene rings is 2. The fourth-order valence-electron chi connectivity index (χ4n) is 2.01. The van der Waals surface area contributed by atoms with Crippen molar-refractivity contribution < 1.29 is 27.6 Å². The second kappa shape index (κ2) is 6.24. The van der Waals surface area contributed by atoms with Gasteiger partial charge in [0.05, 0.1) is 21.1 Å². The van der Waals surface area contributed by atoms with E-state index in [0.717, 1.165) is 13.1 Å². The average molecular weight is 354 g/mol. The van der Waals surface area contributed by atoms with Crippen molar-refractivity contribution in [2.45, 2.75) is 4.90 Å². The molecule has 0 heterocycles. The molecule has 10 heteroatoms. The van der Waals surface area contributed by atoms with Gasteiger partial charge in [-0.15, -0.1) is 0 Å². The lowest BCUT2D eigenvalue weighted by Gasteiger charge is -2.21. The zero-order valence-electron chi connectivity index (χ0n) is 12.2. The molecule has 0 unspecified atom stereocenters. The van der Waals surface area contributed by atoms with E-state index >= 15 is 0 Å². The summed E-state index contributed by atoms with van der Waals surface area (Å²) in [5, 5.41) is 19.9. The van der Waals surface area contributed by atoms with Gasteiger partial charge in [0, 0.05) is 13.1 Å². The van der Waals surface area contributed by atoms with Crippen LogP contribution in [0.1, 0.15) is 10.4 Å². The Balaban J connectivity index is 2.58. The van der Waals surface area contributed by atoms with Crippen LogP contribution in [0.15, 0.2) is 47.4 Å². The van der Waals surface area contributed by atoms with Gasteiger partial charge >= 0.3 is 11.7 Å². The number of nitro groups is 1. The summed E-state index contributed by atoms with van der Waals surface area (Å²) >= 11 is 0. The summed E-state index contributed by atoms with van der Waals surface area (Å²) in [6, 6.07) is 7.50. The normalized spacial score (nSPS) is 11.1. The summed E-state index contributed by atoms with van der Waals surface area (Å²) in [6.45, 7) is 0. The molecular formula is C14H11FN2O6S. The molecule has 0 aliphatic heterocycles. The molecule has 0 saturated carbocycles. The number of nitrogens with zero attached hydrogens (tertiary/aromatic N) is 2. The number of hydrogen-bond donors (Lipinski definition) is 1. The fourth-order valence-corrected chi connectivity index (χ4v) is 3.24. The molecule has 0 amide bonds. The van der Waals surface area contributed by atoms with Crippen LogP contribution in [0.5, 0.6) is 0 Å². The summed E-state index contributed by atoms with van der Waals surface area (Å²) in [7, 11) is -3.22. The Labute approximate surface area is 136 Å². The molecule has 24 heavy (non-hydrogen) atoms. The molecule has 0 aromatic heterocycles. The highest BCUT2D eigenvalue weighted by Crippen LogP contribution is 2.28. The molecule has 2 aromatic rings. The number of anilines is 1. The third-order valence-electron chi connectivity index (χ3n) is 3.25. The number of nitro benzene ring substituents is 1. The van der Waals surface area contributed by atoms with Crippen LogP contribution in [-0.2, 0) is 10.0 Å². The minimum absolute atomic E-state index is 0.128. The maximum absolute atomic E-state index is 13.4. The number of carbonyl (C=O) groups is 1. The maximum Gasteiger partial charge on any atom is 0.337 e. The first kappa shape index (κ1) is 17.3. The molecular weight excluding hydrogens is 343 g/mol. The minimum atomic E-state index is -4.32. The van der Waals surface area contributed by atoms with E-state index in [-0.39, 0.29) is 11.3 Å². The lowest BCUT2D eigenvalue weighted by molar-refractivity contribution is -0.387. The van der Waals surface area contributed by atoms with Crippen molar-refractivity contribution in [3.63, 3.8) is 0 Å². The summed E-state index contributed by atoms with van der Waals surface area (Å²) in [5.41, 5.74) is -1.38. The first-order valence-electron chi connectivity index (χ1n) is 6.41. The first-order chi connectivity index (χ1) is 11.2. The van der Waals surface area contributed by atoms with Crippen LogP contribution in [0.2, 0.25) is 0 Å². The van der Waals surface area contributed by atoms with Gasteiger partial charge in [0.1, 0.15) is 0 Å². The zero-order valence-corrected chi connectivity index (χ0v) is 13.0. The van der Waals surface area contributed by atoms with E-state index < -0.39 is 37.3 Å². The van der Waals surface area contributed by atoms with Crippen molar-refractivity contribution in [2.75, 3.05) is 11.4 Å². The first-order valence-corrected chi connectivity index (χ1v) is 7.85. The molecule has 0 radical (unpaired) electrons. The average Bonchev–Trinajstić information content (AvgIpc) is 2.53. The summed E-state index contributed by atoms with van der Waals surface area (Å²) in [4.78, 5) is 20.4. The van der Waals surface area contributed by atoms with Gasteiger partial charge in [-0.2, -0.15) is 4.39 Å². The van der Waals surface area contributed by atoms with Crippen LogP contribution in [-0.4, -0.2) is 31.5 Å². The van der Waals surface area contributed by atoms with Crippen LogP contribution in [0.4, 0.5) is 15.8 Å². The Morgan fingerprint density at radius 1 is 1.25 bits per heavy atom. The summed E-state index contributed by atoms with van der Waals surface area (Å²) < 4.78 is 39.2. The molecule has 8 nitrogen and oxygen atoms in total. The molecule has 0 spiro atoms. The standard InChI is InChI=1S/C14H11FN2O6S/c1-16(12-5-3-2-4-10(12)14(18)19)24(22,23)9-6-7-11(15)13(8-9)17(20)21/h2-8H,1H3,(H,18,19). The summed E-state index contributed by atoms with van der Waals surface area (Å²) in [5.74, 6) is -2.51.